The highest BCUT2D eigenvalue weighted by Gasteiger charge is 2.18. The number of benzene rings is 1. The number of amides is 1. The molecule has 0 saturated carbocycles. The molecule has 0 fully saturated rings. The van der Waals surface area contributed by atoms with Crippen molar-refractivity contribution in [2.24, 2.45) is 0 Å². The van der Waals surface area contributed by atoms with Crippen LogP contribution in [0.25, 0.3) is 11.4 Å². The number of aromatic nitrogens is 3. The Hall–Kier alpha value is -2.62. The lowest BCUT2D eigenvalue weighted by molar-refractivity contribution is -0.113. The molecular weight excluding hydrogens is 456 g/mol. The maximum atomic E-state index is 12.5. The van der Waals surface area contributed by atoms with Crippen LogP contribution in [-0.2, 0) is 16.1 Å². The number of carbonyl (C=O) groups excluding carboxylic acids is 2. The van der Waals surface area contributed by atoms with Crippen LogP contribution in [-0.4, -0.2) is 39.0 Å². The van der Waals surface area contributed by atoms with Gasteiger partial charge in [0.2, 0.25) is 5.91 Å². The fourth-order valence-electron chi connectivity index (χ4n) is 2.75. The third-order valence-electron chi connectivity index (χ3n) is 4.10. The van der Waals surface area contributed by atoms with E-state index >= 15 is 0 Å². The lowest BCUT2D eigenvalue weighted by Crippen LogP contribution is -2.13. The number of aryl methyl sites for hydroxylation is 1. The first-order valence-corrected chi connectivity index (χ1v) is 11.6. The summed E-state index contributed by atoms with van der Waals surface area (Å²) in [6.45, 7) is 8.16. The highest BCUT2D eigenvalue weighted by molar-refractivity contribution is 7.99. The third-order valence-corrected chi connectivity index (χ3v) is 6.46. The quantitative estimate of drug-likeness (QED) is 0.264. The Labute approximate surface area is 193 Å². The van der Waals surface area contributed by atoms with Crippen molar-refractivity contribution >= 4 is 51.6 Å². The van der Waals surface area contributed by atoms with Gasteiger partial charge in [0.1, 0.15) is 4.88 Å². The van der Waals surface area contributed by atoms with Gasteiger partial charge in [0.25, 0.3) is 0 Å². The number of thioether (sulfide) groups is 1. The van der Waals surface area contributed by atoms with Crippen LogP contribution in [0.1, 0.15) is 22.2 Å². The molecule has 0 aliphatic carbocycles. The number of nitrogens with one attached hydrogen (secondary N) is 1. The summed E-state index contributed by atoms with van der Waals surface area (Å²) in [5.74, 6) is 0.226. The van der Waals surface area contributed by atoms with Gasteiger partial charge in [-0.3, -0.25) is 9.36 Å². The van der Waals surface area contributed by atoms with Crippen molar-refractivity contribution in [3.63, 3.8) is 0 Å². The molecule has 1 amide bonds. The van der Waals surface area contributed by atoms with E-state index in [1.165, 1.54) is 23.1 Å². The molecule has 0 radical (unpaired) electrons. The normalized spacial score (nSPS) is 10.7. The molecule has 10 heteroatoms. The number of allylic oxidation sites excluding steroid dienone is 1. The highest BCUT2D eigenvalue weighted by atomic mass is 35.5. The second kappa shape index (κ2) is 10.6. The molecule has 0 atom stereocenters. The molecule has 2 aromatic heterocycles. The van der Waals surface area contributed by atoms with Crippen LogP contribution < -0.4 is 5.32 Å². The van der Waals surface area contributed by atoms with Gasteiger partial charge in [-0.2, -0.15) is 0 Å². The Morgan fingerprint density at radius 3 is 2.74 bits per heavy atom. The number of carbonyl (C=O) groups is 2. The summed E-state index contributed by atoms with van der Waals surface area (Å²) in [4.78, 5) is 24.9. The van der Waals surface area contributed by atoms with Gasteiger partial charge >= 0.3 is 5.97 Å². The van der Waals surface area contributed by atoms with Gasteiger partial charge < -0.3 is 10.1 Å². The standard InChI is InChI=1S/C21H21ClN4O3S2/c1-4-10-26-19(14-6-8-15(22)9-7-14)24-25-21(26)30-12-16(27)23-17-11-13(3)18(31-17)20(28)29-5-2/h4,6-9,11H,1,5,10,12H2,2-3H3,(H,23,27). The molecule has 162 valence electrons. The summed E-state index contributed by atoms with van der Waals surface area (Å²) in [7, 11) is 0. The molecule has 31 heavy (non-hydrogen) atoms. The van der Waals surface area contributed by atoms with E-state index in [0.29, 0.717) is 39.0 Å². The average molecular weight is 477 g/mol. The largest absolute Gasteiger partial charge is 0.462 e. The smallest absolute Gasteiger partial charge is 0.348 e. The monoisotopic (exact) mass is 476 g/mol. The van der Waals surface area contributed by atoms with Crippen LogP contribution in [0.15, 0.2) is 48.1 Å². The fourth-order valence-corrected chi connectivity index (χ4v) is 4.60. The summed E-state index contributed by atoms with van der Waals surface area (Å²) < 4.78 is 6.93. The molecule has 0 unspecified atom stereocenters. The van der Waals surface area contributed by atoms with E-state index < -0.39 is 0 Å². The number of anilines is 1. The molecule has 0 spiro atoms. The lowest BCUT2D eigenvalue weighted by Gasteiger charge is -2.08. The lowest BCUT2D eigenvalue weighted by atomic mass is 10.2. The second-order valence-electron chi connectivity index (χ2n) is 6.39. The molecule has 3 rings (SSSR count). The predicted octanol–water partition coefficient (Wildman–Crippen LogP) is 5.06. The number of hydrogen-bond donors (Lipinski definition) is 1. The highest BCUT2D eigenvalue weighted by Crippen LogP contribution is 2.28. The van der Waals surface area contributed by atoms with E-state index in [4.69, 9.17) is 16.3 Å². The van der Waals surface area contributed by atoms with E-state index in [1.54, 1.807) is 31.2 Å². The fraction of sp³-hybridized carbons (Fsp3) is 0.238. The minimum atomic E-state index is -0.382. The van der Waals surface area contributed by atoms with Crippen molar-refractivity contribution < 1.29 is 14.3 Å². The SMILES string of the molecule is C=CCn1c(SCC(=O)Nc2cc(C)c(C(=O)OCC)s2)nnc1-c1ccc(Cl)cc1. The zero-order valence-corrected chi connectivity index (χ0v) is 19.4. The maximum Gasteiger partial charge on any atom is 0.348 e. The average Bonchev–Trinajstić information content (AvgIpc) is 3.30. The molecule has 0 aliphatic heterocycles. The van der Waals surface area contributed by atoms with Gasteiger partial charge in [-0.25, -0.2) is 4.79 Å². The molecule has 0 aliphatic rings. The summed E-state index contributed by atoms with van der Waals surface area (Å²) in [6, 6.07) is 9.08. The van der Waals surface area contributed by atoms with Crippen molar-refractivity contribution in [2.45, 2.75) is 25.5 Å². The zero-order chi connectivity index (χ0) is 22.4. The number of hydrogen-bond acceptors (Lipinski definition) is 7. The Bertz CT molecular complexity index is 1090. The first kappa shape index (κ1) is 23.1. The van der Waals surface area contributed by atoms with E-state index in [1.807, 2.05) is 23.6 Å². The Morgan fingerprint density at radius 2 is 2.06 bits per heavy atom. The number of ether oxygens (including phenoxy) is 1. The van der Waals surface area contributed by atoms with E-state index in [9.17, 15) is 9.59 Å². The van der Waals surface area contributed by atoms with Gasteiger partial charge in [0, 0.05) is 17.1 Å². The van der Waals surface area contributed by atoms with Gasteiger partial charge in [0.05, 0.1) is 17.4 Å². The number of thiophene rings is 1. The van der Waals surface area contributed by atoms with Crippen molar-refractivity contribution in [3.8, 4) is 11.4 Å². The molecule has 1 aromatic carbocycles. The van der Waals surface area contributed by atoms with Crippen molar-refractivity contribution in [3.05, 3.63) is 58.5 Å². The summed E-state index contributed by atoms with van der Waals surface area (Å²) in [5.41, 5.74) is 1.64. The molecular formula is C21H21ClN4O3S2. The number of rotatable bonds is 9. The Kier molecular flexibility index (Phi) is 7.89. The zero-order valence-electron chi connectivity index (χ0n) is 17.1. The molecule has 3 aromatic rings. The minimum absolute atomic E-state index is 0.140. The van der Waals surface area contributed by atoms with Crippen LogP contribution in [0.5, 0.6) is 0 Å². The van der Waals surface area contributed by atoms with Crippen LogP contribution in [0.2, 0.25) is 5.02 Å². The van der Waals surface area contributed by atoms with Crippen molar-refractivity contribution in [1.29, 1.82) is 0 Å². The van der Waals surface area contributed by atoms with E-state index in [0.717, 1.165) is 11.1 Å². The molecule has 2 heterocycles. The first-order chi connectivity index (χ1) is 14.9. The number of nitrogens with zero attached hydrogens (tertiary/aromatic N) is 3. The summed E-state index contributed by atoms with van der Waals surface area (Å²) in [5, 5.41) is 13.2. The van der Waals surface area contributed by atoms with E-state index in [2.05, 4.69) is 22.1 Å². The molecule has 1 N–H and O–H groups in total. The van der Waals surface area contributed by atoms with Crippen LogP contribution >= 0.6 is 34.7 Å². The Morgan fingerprint density at radius 1 is 1.32 bits per heavy atom. The third kappa shape index (κ3) is 5.75. The minimum Gasteiger partial charge on any atom is -0.462 e. The van der Waals surface area contributed by atoms with Crippen molar-refractivity contribution in [2.75, 3.05) is 17.7 Å². The molecule has 0 bridgehead atoms. The van der Waals surface area contributed by atoms with Crippen LogP contribution in [0.3, 0.4) is 0 Å². The molecule has 0 saturated heterocycles. The molecule has 7 nitrogen and oxygen atoms in total. The van der Waals surface area contributed by atoms with Gasteiger partial charge in [-0.1, -0.05) is 29.4 Å². The summed E-state index contributed by atoms with van der Waals surface area (Å²) in [6.07, 6.45) is 1.75. The number of esters is 1. The predicted molar refractivity (Wildman–Crippen MR) is 125 cm³/mol. The van der Waals surface area contributed by atoms with Gasteiger partial charge in [-0.05, 0) is 49.7 Å². The number of halogens is 1. The topological polar surface area (TPSA) is 86.1 Å². The Balaban J connectivity index is 1.68. The van der Waals surface area contributed by atoms with Crippen molar-refractivity contribution in [1.82, 2.24) is 14.8 Å². The van der Waals surface area contributed by atoms with E-state index in [-0.39, 0.29) is 17.6 Å². The summed E-state index contributed by atoms with van der Waals surface area (Å²) >= 11 is 8.44. The van der Waals surface area contributed by atoms with Gasteiger partial charge in [0.15, 0.2) is 11.0 Å². The van der Waals surface area contributed by atoms with Crippen LogP contribution in [0, 0.1) is 6.92 Å². The van der Waals surface area contributed by atoms with Crippen LogP contribution in [0.4, 0.5) is 5.00 Å². The second-order valence-corrected chi connectivity index (χ2v) is 8.82. The van der Waals surface area contributed by atoms with Gasteiger partial charge in [-0.15, -0.1) is 28.1 Å². The first-order valence-electron chi connectivity index (χ1n) is 9.43. The maximum absolute atomic E-state index is 12.5.